The summed E-state index contributed by atoms with van der Waals surface area (Å²) in [5.41, 5.74) is 0. The molecule has 0 bridgehead atoms. The van der Waals surface area contributed by atoms with Crippen LogP contribution in [0.5, 0.6) is 0 Å². The van der Waals surface area contributed by atoms with E-state index in [-0.39, 0.29) is 6.04 Å². The highest BCUT2D eigenvalue weighted by atomic mass is 16.5. The molecule has 0 saturated carbocycles. The highest BCUT2D eigenvalue weighted by molar-refractivity contribution is 5.80. The third-order valence-electron chi connectivity index (χ3n) is 3.06. The number of carbonyl (C=O) groups excluding carboxylic acids is 1. The lowest BCUT2D eigenvalue weighted by Gasteiger charge is -2.30. The van der Waals surface area contributed by atoms with E-state index in [2.05, 4.69) is 5.32 Å². The molecular formula is C10H19N2O2+. The summed E-state index contributed by atoms with van der Waals surface area (Å²) in [6.45, 7) is 4.09. The zero-order valence-corrected chi connectivity index (χ0v) is 8.58. The number of piperidine rings is 1. The van der Waals surface area contributed by atoms with Gasteiger partial charge >= 0.3 is 0 Å². The number of amides is 1. The van der Waals surface area contributed by atoms with Gasteiger partial charge < -0.3 is 15.0 Å². The first-order valence-corrected chi connectivity index (χ1v) is 5.58. The van der Waals surface area contributed by atoms with Crippen LogP contribution in [0.3, 0.4) is 0 Å². The summed E-state index contributed by atoms with van der Waals surface area (Å²) in [5, 5.41) is 2.20. The minimum atomic E-state index is 0.196. The predicted octanol–water partition coefficient (Wildman–Crippen LogP) is -1.04. The van der Waals surface area contributed by atoms with Crippen LogP contribution in [-0.4, -0.2) is 49.7 Å². The average molecular weight is 199 g/mol. The fraction of sp³-hybridized carbons (Fsp3) is 0.900. The van der Waals surface area contributed by atoms with Crippen molar-refractivity contribution in [2.24, 2.45) is 0 Å². The molecular weight excluding hydrogens is 180 g/mol. The van der Waals surface area contributed by atoms with Gasteiger partial charge in [-0.05, 0) is 12.8 Å². The van der Waals surface area contributed by atoms with Gasteiger partial charge in [0.25, 0.3) is 5.91 Å². The minimum Gasteiger partial charge on any atom is -0.378 e. The molecule has 0 radical (unpaired) electrons. The van der Waals surface area contributed by atoms with Crippen LogP contribution in [0.2, 0.25) is 0 Å². The molecule has 2 aliphatic heterocycles. The summed E-state index contributed by atoms with van der Waals surface area (Å²) in [5.74, 6) is 0.327. The van der Waals surface area contributed by atoms with Crippen LogP contribution >= 0.6 is 0 Å². The molecule has 0 unspecified atom stereocenters. The predicted molar refractivity (Wildman–Crippen MR) is 51.8 cm³/mol. The van der Waals surface area contributed by atoms with E-state index in [9.17, 15) is 4.79 Å². The molecule has 2 heterocycles. The van der Waals surface area contributed by atoms with Crippen LogP contribution in [0.4, 0.5) is 0 Å². The molecule has 4 nitrogen and oxygen atoms in total. The van der Waals surface area contributed by atoms with Crippen molar-refractivity contribution in [3.8, 4) is 0 Å². The molecule has 2 N–H and O–H groups in total. The normalized spacial score (nSPS) is 28.9. The first-order valence-electron chi connectivity index (χ1n) is 5.58. The van der Waals surface area contributed by atoms with Crippen LogP contribution in [0.25, 0.3) is 0 Å². The van der Waals surface area contributed by atoms with Gasteiger partial charge in [-0.3, -0.25) is 4.79 Å². The summed E-state index contributed by atoms with van der Waals surface area (Å²) in [7, 11) is 0. The molecule has 2 saturated heterocycles. The molecule has 0 aromatic heterocycles. The molecule has 80 valence electrons. The second-order valence-electron chi connectivity index (χ2n) is 4.06. The standard InChI is InChI=1S/C10H18N2O2/c13-10(9-3-1-2-4-11-9)12-5-7-14-8-6-12/h9,11H,1-8H2/p+1/t9-/m0/s1. The smallest absolute Gasteiger partial charge is 0.280 e. The van der Waals surface area contributed by atoms with Crippen molar-refractivity contribution < 1.29 is 14.8 Å². The monoisotopic (exact) mass is 199 g/mol. The van der Waals surface area contributed by atoms with E-state index in [4.69, 9.17) is 4.74 Å². The second kappa shape index (κ2) is 4.75. The second-order valence-corrected chi connectivity index (χ2v) is 4.06. The SMILES string of the molecule is O=C([C@@H]1CCCC[NH2+]1)N1CCOCC1. The number of nitrogens with zero attached hydrogens (tertiary/aromatic N) is 1. The van der Waals surface area contributed by atoms with Crippen molar-refractivity contribution >= 4 is 5.91 Å². The van der Waals surface area contributed by atoms with Crippen molar-refractivity contribution in [3.05, 3.63) is 0 Å². The molecule has 14 heavy (non-hydrogen) atoms. The number of rotatable bonds is 1. The fourth-order valence-electron chi connectivity index (χ4n) is 2.19. The molecule has 1 amide bonds. The fourth-order valence-corrected chi connectivity index (χ4v) is 2.19. The number of ether oxygens (including phenoxy) is 1. The quantitative estimate of drug-likeness (QED) is 0.586. The number of carbonyl (C=O) groups is 1. The number of morpholine rings is 1. The Morgan fingerprint density at radius 2 is 2.07 bits per heavy atom. The largest absolute Gasteiger partial charge is 0.378 e. The lowest BCUT2D eigenvalue weighted by atomic mass is 10.0. The molecule has 0 aromatic carbocycles. The first-order chi connectivity index (χ1) is 6.88. The van der Waals surface area contributed by atoms with E-state index in [1.54, 1.807) is 0 Å². The third-order valence-corrected chi connectivity index (χ3v) is 3.06. The van der Waals surface area contributed by atoms with Crippen LogP contribution in [-0.2, 0) is 9.53 Å². The van der Waals surface area contributed by atoms with Crippen molar-refractivity contribution in [1.82, 2.24) is 4.90 Å². The summed E-state index contributed by atoms with van der Waals surface area (Å²) >= 11 is 0. The Balaban J connectivity index is 1.85. The molecule has 1 atom stereocenters. The van der Waals surface area contributed by atoms with Crippen molar-refractivity contribution in [1.29, 1.82) is 0 Å². The molecule has 2 aliphatic rings. The van der Waals surface area contributed by atoms with Crippen LogP contribution in [0.15, 0.2) is 0 Å². The van der Waals surface area contributed by atoms with Crippen LogP contribution in [0, 0.1) is 0 Å². The highest BCUT2D eigenvalue weighted by Crippen LogP contribution is 2.06. The number of quaternary nitrogens is 1. The van der Waals surface area contributed by atoms with E-state index >= 15 is 0 Å². The van der Waals surface area contributed by atoms with Crippen LogP contribution < -0.4 is 5.32 Å². The van der Waals surface area contributed by atoms with Gasteiger partial charge in [0.2, 0.25) is 0 Å². The average Bonchev–Trinajstić information content (AvgIpc) is 2.30. The van der Waals surface area contributed by atoms with Crippen molar-refractivity contribution in [3.63, 3.8) is 0 Å². The van der Waals surface area contributed by atoms with E-state index in [1.807, 2.05) is 4.90 Å². The summed E-state index contributed by atoms with van der Waals surface area (Å²) in [6.07, 6.45) is 3.51. The Labute approximate surface area is 84.6 Å². The van der Waals surface area contributed by atoms with Gasteiger partial charge in [-0.15, -0.1) is 0 Å². The van der Waals surface area contributed by atoms with Gasteiger partial charge in [0.15, 0.2) is 6.04 Å². The summed E-state index contributed by atoms with van der Waals surface area (Å²) in [6, 6.07) is 0.196. The molecule has 0 spiro atoms. The minimum absolute atomic E-state index is 0.196. The Morgan fingerprint density at radius 1 is 1.29 bits per heavy atom. The highest BCUT2D eigenvalue weighted by Gasteiger charge is 2.29. The Hall–Kier alpha value is -0.610. The topological polar surface area (TPSA) is 46.2 Å². The molecule has 4 heteroatoms. The maximum absolute atomic E-state index is 12.0. The maximum atomic E-state index is 12.0. The number of hydrogen-bond acceptors (Lipinski definition) is 2. The lowest BCUT2D eigenvalue weighted by molar-refractivity contribution is -0.685. The van der Waals surface area contributed by atoms with E-state index in [1.165, 1.54) is 12.8 Å². The van der Waals surface area contributed by atoms with Crippen LogP contribution in [0.1, 0.15) is 19.3 Å². The Kier molecular flexibility index (Phi) is 3.37. The Bertz CT molecular complexity index is 176. The molecule has 0 aliphatic carbocycles. The molecule has 2 rings (SSSR count). The van der Waals surface area contributed by atoms with Gasteiger partial charge in [0.05, 0.1) is 19.8 Å². The zero-order chi connectivity index (χ0) is 9.80. The van der Waals surface area contributed by atoms with E-state index in [0.29, 0.717) is 19.1 Å². The maximum Gasteiger partial charge on any atom is 0.280 e. The molecule has 2 fully saturated rings. The summed E-state index contributed by atoms with van der Waals surface area (Å²) < 4.78 is 5.23. The summed E-state index contributed by atoms with van der Waals surface area (Å²) in [4.78, 5) is 13.9. The van der Waals surface area contributed by atoms with Gasteiger partial charge in [-0.25, -0.2) is 0 Å². The van der Waals surface area contributed by atoms with Gasteiger partial charge in [-0.2, -0.15) is 0 Å². The first kappa shape index (κ1) is 9.93. The molecule has 0 aromatic rings. The number of nitrogens with two attached hydrogens (primary N) is 1. The lowest BCUT2D eigenvalue weighted by Crippen LogP contribution is -2.94. The van der Waals surface area contributed by atoms with Gasteiger partial charge in [-0.1, -0.05) is 0 Å². The van der Waals surface area contributed by atoms with Gasteiger partial charge in [0, 0.05) is 19.5 Å². The zero-order valence-electron chi connectivity index (χ0n) is 8.58. The van der Waals surface area contributed by atoms with Gasteiger partial charge in [0.1, 0.15) is 0 Å². The van der Waals surface area contributed by atoms with Crippen molar-refractivity contribution in [2.45, 2.75) is 25.3 Å². The Morgan fingerprint density at radius 3 is 2.71 bits per heavy atom. The van der Waals surface area contributed by atoms with E-state index < -0.39 is 0 Å². The third kappa shape index (κ3) is 2.25. The van der Waals surface area contributed by atoms with E-state index in [0.717, 1.165) is 26.1 Å². The number of hydrogen-bond donors (Lipinski definition) is 1. The van der Waals surface area contributed by atoms with Crippen molar-refractivity contribution in [2.75, 3.05) is 32.8 Å².